The predicted octanol–water partition coefficient (Wildman–Crippen LogP) is 1.28. The summed E-state index contributed by atoms with van der Waals surface area (Å²) in [7, 11) is 3.94. The molecule has 0 atom stereocenters. The second-order valence-electron chi connectivity index (χ2n) is 3.12. The predicted molar refractivity (Wildman–Crippen MR) is 55.3 cm³/mol. The maximum atomic E-state index is 4.33. The highest BCUT2D eigenvalue weighted by atomic mass is 15.2. The minimum Gasteiger partial charge on any atom is -0.363 e. The van der Waals surface area contributed by atoms with Crippen LogP contribution in [0, 0.1) is 6.92 Å². The molecular weight excluding hydrogens is 164 g/mol. The van der Waals surface area contributed by atoms with Crippen LogP contribution in [0.4, 0.5) is 11.8 Å². The maximum Gasteiger partial charge on any atom is 0.224 e. The summed E-state index contributed by atoms with van der Waals surface area (Å²) in [5, 5.41) is 3.09. The molecule has 0 saturated heterocycles. The lowest BCUT2D eigenvalue weighted by atomic mass is 10.4. The molecule has 0 saturated carbocycles. The fourth-order valence-corrected chi connectivity index (χ4v) is 1.02. The molecule has 1 aromatic heterocycles. The van der Waals surface area contributed by atoms with E-state index in [1.54, 1.807) is 0 Å². The summed E-state index contributed by atoms with van der Waals surface area (Å²) in [6.07, 6.45) is 0. The second-order valence-corrected chi connectivity index (χ2v) is 3.12. The van der Waals surface area contributed by atoms with E-state index < -0.39 is 0 Å². The van der Waals surface area contributed by atoms with Crippen molar-refractivity contribution in [2.24, 2.45) is 0 Å². The zero-order chi connectivity index (χ0) is 9.84. The highest BCUT2D eigenvalue weighted by Gasteiger charge is 2.01. The lowest BCUT2D eigenvalue weighted by Gasteiger charge is -2.13. The molecule has 13 heavy (non-hydrogen) atoms. The smallest absolute Gasteiger partial charge is 0.224 e. The lowest BCUT2D eigenvalue weighted by Crippen LogP contribution is -2.13. The monoisotopic (exact) mass is 180 g/mol. The minimum absolute atomic E-state index is 0.700. The third kappa shape index (κ3) is 2.57. The summed E-state index contributed by atoms with van der Waals surface area (Å²) in [6, 6.07) is 1.96. The lowest BCUT2D eigenvalue weighted by molar-refractivity contribution is 0.998. The molecule has 0 aromatic carbocycles. The van der Waals surface area contributed by atoms with Crippen LogP contribution in [-0.4, -0.2) is 30.6 Å². The zero-order valence-corrected chi connectivity index (χ0v) is 8.63. The number of hydrogen-bond acceptors (Lipinski definition) is 4. The van der Waals surface area contributed by atoms with Crippen LogP contribution in [0.3, 0.4) is 0 Å². The molecule has 0 aliphatic carbocycles. The molecule has 1 rings (SSSR count). The van der Waals surface area contributed by atoms with Gasteiger partial charge >= 0.3 is 0 Å². The molecular formula is C9H16N4. The van der Waals surface area contributed by atoms with E-state index in [4.69, 9.17) is 0 Å². The number of nitrogens with zero attached hydrogens (tertiary/aromatic N) is 3. The number of aryl methyl sites for hydroxylation is 1. The van der Waals surface area contributed by atoms with Crippen molar-refractivity contribution in [3.8, 4) is 0 Å². The molecule has 1 N–H and O–H groups in total. The van der Waals surface area contributed by atoms with Gasteiger partial charge in [-0.25, -0.2) is 4.98 Å². The van der Waals surface area contributed by atoms with Crippen molar-refractivity contribution in [1.82, 2.24) is 9.97 Å². The molecule has 1 aromatic rings. The van der Waals surface area contributed by atoms with Crippen molar-refractivity contribution < 1.29 is 0 Å². The van der Waals surface area contributed by atoms with Crippen LogP contribution >= 0.6 is 0 Å². The van der Waals surface area contributed by atoms with Crippen LogP contribution in [0.15, 0.2) is 6.07 Å². The van der Waals surface area contributed by atoms with Crippen molar-refractivity contribution in [3.05, 3.63) is 11.8 Å². The van der Waals surface area contributed by atoms with Crippen LogP contribution in [0.2, 0.25) is 0 Å². The van der Waals surface area contributed by atoms with Gasteiger partial charge < -0.3 is 10.2 Å². The standard InChI is InChI=1S/C9H16N4/c1-5-10-9-11-7(2)6-8(12-9)13(3)4/h6H,5H2,1-4H3,(H,10,11,12). The Morgan fingerprint density at radius 1 is 1.38 bits per heavy atom. The molecule has 0 aliphatic rings. The maximum absolute atomic E-state index is 4.33. The largest absolute Gasteiger partial charge is 0.363 e. The first kappa shape index (κ1) is 9.77. The van der Waals surface area contributed by atoms with E-state index in [2.05, 4.69) is 15.3 Å². The zero-order valence-electron chi connectivity index (χ0n) is 8.63. The van der Waals surface area contributed by atoms with Gasteiger partial charge in [0.2, 0.25) is 5.95 Å². The van der Waals surface area contributed by atoms with Gasteiger partial charge in [0, 0.05) is 32.4 Å². The average molecular weight is 180 g/mol. The SMILES string of the molecule is CCNc1nc(C)cc(N(C)C)n1. The normalized spacial score (nSPS) is 9.85. The molecule has 0 radical (unpaired) electrons. The Bertz CT molecular complexity index is 283. The molecule has 72 valence electrons. The number of rotatable bonds is 3. The van der Waals surface area contributed by atoms with Crippen molar-refractivity contribution in [1.29, 1.82) is 0 Å². The highest BCUT2D eigenvalue weighted by molar-refractivity contribution is 5.43. The van der Waals surface area contributed by atoms with E-state index >= 15 is 0 Å². The molecule has 0 amide bonds. The fourth-order valence-electron chi connectivity index (χ4n) is 1.02. The van der Waals surface area contributed by atoms with E-state index in [0.717, 1.165) is 18.1 Å². The van der Waals surface area contributed by atoms with Crippen molar-refractivity contribution >= 4 is 11.8 Å². The Balaban J connectivity index is 2.96. The van der Waals surface area contributed by atoms with Crippen LogP contribution in [0.25, 0.3) is 0 Å². The number of hydrogen-bond donors (Lipinski definition) is 1. The molecule has 0 bridgehead atoms. The summed E-state index contributed by atoms with van der Waals surface area (Å²) in [5.41, 5.74) is 0.981. The highest BCUT2D eigenvalue weighted by Crippen LogP contribution is 2.11. The molecule has 4 nitrogen and oxygen atoms in total. The van der Waals surface area contributed by atoms with Crippen LogP contribution in [0.5, 0.6) is 0 Å². The van der Waals surface area contributed by atoms with Gasteiger partial charge in [-0.05, 0) is 13.8 Å². The number of aromatic nitrogens is 2. The third-order valence-corrected chi connectivity index (χ3v) is 1.63. The molecule has 0 unspecified atom stereocenters. The molecule has 1 heterocycles. The van der Waals surface area contributed by atoms with Crippen molar-refractivity contribution in [2.45, 2.75) is 13.8 Å². The van der Waals surface area contributed by atoms with Crippen LogP contribution in [-0.2, 0) is 0 Å². The topological polar surface area (TPSA) is 41.1 Å². The Hall–Kier alpha value is -1.32. The Labute approximate surface area is 79.0 Å². The van der Waals surface area contributed by atoms with Gasteiger partial charge in [0.15, 0.2) is 0 Å². The Morgan fingerprint density at radius 3 is 2.62 bits per heavy atom. The average Bonchev–Trinajstić information content (AvgIpc) is 2.03. The van der Waals surface area contributed by atoms with Gasteiger partial charge in [-0.3, -0.25) is 0 Å². The quantitative estimate of drug-likeness (QED) is 0.760. The van der Waals surface area contributed by atoms with Crippen LogP contribution < -0.4 is 10.2 Å². The first-order valence-electron chi connectivity index (χ1n) is 4.40. The van der Waals surface area contributed by atoms with E-state index in [1.165, 1.54) is 0 Å². The van der Waals surface area contributed by atoms with Crippen molar-refractivity contribution in [3.63, 3.8) is 0 Å². The fraction of sp³-hybridized carbons (Fsp3) is 0.556. The summed E-state index contributed by atoms with van der Waals surface area (Å²) in [5.74, 6) is 1.63. The minimum atomic E-state index is 0.700. The summed E-state index contributed by atoms with van der Waals surface area (Å²) >= 11 is 0. The Morgan fingerprint density at radius 2 is 2.08 bits per heavy atom. The van der Waals surface area contributed by atoms with Gasteiger partial charge in [-0.15, -0.1) is 0 Å². The molecule has 0 aliphatic heterocycles. The van der Waals surface area contributed by atoms with Gasteiger partial charge in [-0.2, -0.15) is 4.98 Å². The van der Waals surface area contributed by atoms with Gasteiger partial charge in [-0.1, -0.05) is 0 Å². The van der Waals surface area contributed by atoms with E-state index in [-0.39, 0.29) is 0 Å². The van der Waals surface area contributed by atoms with Crippen molar-refractivity contribution in [2.75, 3.05) is 30.9 Å². The third-order valence-electron chi connectivity index (χ3n) is 1.63. The van der Waals surface area contributed by atoms with E-state index in [0.29, 0.717) is 5.95 Å². The Kier molecular flexibility index (Phi) is 3.06. The van der Waals surface area contributed by atoms with Gasteiger partial charge in [0.25, 0.3) is 0 Å². The summed E-state index contributed by atoms with van der Waals surface area (Å²) < 4.78 is 0. The number of nitrogens with one attached hydrogen (secondary N) is 1. The molecule has 0 spiro atoms. The van der Waals surface area contributed by atoms with Gasteiger partial charge in [0.05, 0.1) is 0 Å². The first-order valence-corrected chi connectivity index (χ1v) is 4.40. The first-order chi connectivity index (χ1) is 6.13. The van der Waals surface area contributed by atoms with Gasteiger partial charge in [0.1, 0.15) is 5.82 Å². The second kappa shape index (κ2) is 4.07. The van der Waals surface area contributed by atoms with E-state index in [9.17, 15) is 0 Å². The van der Waals surface area contributed by atoms with Crippen LogP contribution in [0.1, 0.15) is 12.6 Å². The summed E-state index contributed by atoms with van der Waals surface area (Å²) in [4.78, 5) is 10.6. The summed E-state index contributed by atoms with van der Waals surface area (Å²) in [6.45, 7) is 4.84. The molecule has 0 fully saturated rings. The number of anilines is 2. The molecule has 4 heteroatoms. The van der Waals surface area contributed by atoms with E-state index in [1.807, 2.05) is 38.9 Å².